The van der Waals surface area contributed by atoms with E-state index in [4.69, 9.17) is 4.74 Å². The van der Waals surface area contributed by atoms with Crippen LogP contribution in [0.15, 0.2) is 48.7 Å². The van der Waals surface area contributed by atoms with E-state index in [9.17, 15) is 14.7 Å². The molecular weight excluding hydrogens is 454 g/mol. The Hall–Kier alpha value is -2.93. The monoisotopic (exact) mass is 493 g/mol. The van der Waals surface area contributed by atoms with E-state index in [1.807, 2.05) is 31.2 Å². The Bertz CT molecular complexity index is 1040. The fraction of sp³-hybridized carbons (Fsp3) is 0.552. The largest absolute Gasteiger partial charge is 0.497 e. The molecule has 7 atom stereocenters. The van der Waals surface area contributed by atoms with Crippen LogP contribution in [0.4, 0.5) is 0 Å². The number of methoxy groups -OCH3 is 1. The van der Waals surface area contributed by atoms with Gasteiger partial charge in [0.15, 0.2) is 0 Å². The van der Waals surface area contributed by atoms with Gasteiger partial charge in [0.1, 0.15) is 11.4 Å². The summed E-state index contributed by atoms with van der Waals surface area (Å²) in [7, 11) is 1.63. The van der Waals surface area contributed by atoms with Crippen LogP contribution in [0.5, 0.6) is 5.75 Å². The fourth-order valence-corrected chi connectivity index (χ4v) is 6.52. The number of nitrogens with zero attached hydrogens (tertiary/aromatic N) is 1. The second-order valence-corrected chi connectivity index (χ2v) is 10.9. The van der Waals surface area contributed by atoms with Crippen molar-refractivity contribution in [3.8, 4) is 5.75 Å². The van der Waals surface area contributed by atoms with Gasteiger partial charge in [-0.3, -0.25) is 14.6 Å². The third-order valence-electron chi connectivity index (χ3n) is 8.78. The highest BCUT2D eigenvalue weighted by atomic mass is 16.5. The van der Waals surface area contributed by atoms with Crippen molar-refractivity contribution in [2.24, 2.45) is 29.1 Å². The van der Waals surface area contributed by atoms with Crippen LogP contribution in [-0.4, -0.2) is 41.2 Å². The molecule has 36 heavy (non-hydrogen) atoms. The van der Waals surface area contributed by atoms with Crippen molar-refractivity contribution in [3.05, 3.63) is 59.9 Å². The number of aromatic nitrogens is 1. The van der Waals surface area contributed by atoms with Crippen molar-refractivity contribution in [3.63, 3.8) is 0 Å². The van der Waals surface area contributed by atoms with E-state index in [-0.39, 0.29) is 46.9 Å². The van der Waals surface area contributed by atoms with Gasteiger partial charge in [0.2, 0.25) is 5.91 Å². The van der Waals surface area contributed by atoms with Crippen LogP contribution in [-0.2, 0) is 11.3 Å². The Morgan fingerprint density at radius 3 is 2.56 bits per heavy atom. The second-order valence-electron chi connectivity index (χ2n) is 10.9. The summed E-state index contributed by atoms with van der Waals surface area (Å²) in [5, 5.41) is 17.8. The lowest BCUT2D eigenvalue weighted by Crippen LogP contribution is -2.58. The Morgan fingerprint density at radius 1 is 1.17 bits per heavy atom. The van der Waals surface area contributed by atoms with Crippen LogP contribution in [0, 0.1) is 29.1 Å². The van der Waals surface area contributed by atoms with Crippen LogP contribution in [0.1, 0.15) is 62.5 Å². The van der Waals surface area contributed by atoms with Gasteiger partial charge < -0.3 is 20.5 Å². The molecule has 2 aromatic rings. The summed E-state index contributed by atoms with van der Waals surface area (Å²) in [5.41, 5.74) is 1.41. The quantitative estimate of drug-likeness (QED) is 0.542. The average molecular weight is 494 g/mol. The maximum atomic E-state index is 13.1. The zero-order valence-electron chi connectivity index (χ0n) is 21.7. The lowest BCUT2D eigenvalue weighted by molar-refractivity contribution is -0.142. The van der Waals surface area contributed by atoms with Crippen molar-refractivity contribution in [2.75, 3.05) is 7.11 Å². The highest BCUT2D eigenvalue weighted by molar-refractivity contribution is 5.92. The number of fused-ring (bicyclic) bond motifs is 1. The molecule has 2 fully saturated rings. The van der Waals surface area contributed by atoms with E-state index in [1.165, 1.54) is 0 Å². The molecule has 4 rings (SSSR count). The van der Waals surface area contributed by atoms with Gasteiger partial charge in [0, 0.05) is 24.7 Å². The number of nitrogens with one attached hydrogen (secondary N) is 2. The molecule has 2 aliphatic rings. The van der Waals surface area contributed by atoms with Gasteiger partial charge in [0.25, 0.3) is 5.91 Å². The maximum absolute atomic E-state index is 13.1. The third-order valence-corrected chi connectivity index (χ3v) is 8.78. The molecule has 7 heteroatoms. The van der Waals surface area contributed by atoms with Gasteiger partial charge in [-0.1, -0.05) is 39.0 Å². The van der Waals surface area contributed by atoms with Crippen LogP contribution >= 0.6 is 0 Å². The molecular formula is C29H39N3O4. The maximum Gasteiger partial charge on any atom is 0.270 e. The van der Waals surface area contributed by atoms with E-state index < -0.39 is 6.10 Å². The summed E-state index contributed by atoms with van der Waals surface area (Å²) < 4.78 is 5.19. The van der Waals surface area contributed by atoms with Crippen LogP contribution < -0.4 is 15.4 Å². The molecule has 7 nitrogen and oxygen atoms in total. The number of hydrogen-bond donors (Lipinski definition) is 3. The minimum atomic E-state index is -0.602. The molecule has 0 spiro atoms. The smallest absolute Gasteiger partial charge is 0.270 e. The first-order chi connectivity index (χ1) is 17.2. The van der Waals surface area contributed by atoms with Crippen molar-refractivity contribution in [2.45, 2.75) is 65.1 Å². The van der Waals surface area contributed by atoms with Crippen LogP contribution in [0.3, 0.4) is 0 Å². The first kappa shape index (κ1) is 26.1. The van der Waals surface area contributed by atoms with Crippen molar-refractivity contribution in [1.82, 2.24) is 15.6 Å². The number of hydrogen-bond acceptors (Lipinski definition) is 5. The Kier molecular flexibility index (Phi) is 7.98. The molecule has 2 amide bonds. The number of ether oxygens (including phenoxy) is 1. The van der Waals surface area contributed by atoms with Crippen molar-refractivity contribution in [1.29, 1.82) is 0 Å². The predicted molar refractivity (Wildman–Crippen MR) is 138 cm³/mol. The molecule has 0 aliphatic heterocycles. The molecule has 0 saturated heterocycles. The number of rotatable bonds is 7. The molecule has 3 N–H and O–H groups in total. The van der Waals surface area contributed by atoms with Gasteiger partial charge in [-0.25, -0.2) is 0 Å². The molecule has 0 bridgehead atoms. The predicted octanol–water partition coefficient (Wildman–Crippen LogP) is 3.96. The van der Waals surface area contributed by atoms with Gasteiger partial charge >= 0.3 is 0 Å². The first-order valence-electron chi connectivity index (χ1n) is 13.0. The number of aliphatic hydroxyl groups excluding tert-OH is 1. The summed E-state index contributed by atoms with van der Waals surface area (Å²) in [6, 6.07) is 12.9. The van der Waals surface area contributed by atoms with Crippen LogP contribution in [0.25, 0.3) is 0 Å². The molecule has 1 aromatic carbocycles. The van der Waals surface area contributed by atoms with Gasteiger partial charge in [-0.2, -0.15) is 0 Å². The summed E-state index contributed by atoms with van der Waals surface area (Å²) in [4.78, 5) is 30.0. The van der Waals surface area contributed by atoms with E-state index in [1.54, 1.807) is 31.5 Å². The Balaban J connectivity index is 1.40. The lowest BCUT2D eigenvalue weighted by Gasteiger charge is -2.56. The zero-order valence-corrected chi connectivity index (χ0v) is 21.7. The summed E-state index contributed by atoms with van der Waals surface area (Å²) in [6.07, 6.45) is 4.63. The van der Waals surface area contributed by atoms with Gasteiger partial charge in [0.05, 0.1) is 13.2 Å². The van der Waals surface area contributed by atoms with Gasteiger partial charge in [-0.15, -0.1) is 0 Å². The zero-order chi connectivity index (χ0) is 25.9. The first-order valence-corrected chi connectivity index (χ1v) is 13.0. The molecule has 1 heterocycles. The Labute approximate surface area is 214 Å². The number of aliphatic hydroxyl groups is 1. The SMILES string of the molecule is COc1ccc(CNC(=O)C(C)C2CCC3(C)CCC(NC(=O)c4ccccn4)C(C)C3C2O)cc1. The summed E-state index contributed by atoms with van der Waals surface area (Å²) in [5.74, 6) is 0.235. The normalized spacial score (nSPS) is 30.5. The average Bonchev–Trinajstić information content (AvgIpc) is 2.89. The number of amides is 2. The molecule has 2 aliphatic carbocycles. The fourth-order valence-electron chi connectivity index (χ4n) is 6.52. The minimum absolute atomic E-state index is 0.000842. The highest BCUT2D eigenvalue weighted by Crippen LogP contribution is 2.55. The molecule has 1 aromatic heterocycles. The van der Waals surface area contributed by atoms with Crippen molar-refractivity contribution >= 4 is 11.8 Å². The standard InChI is InChI=1S/C29H39N3O4/c1-18(27(34)31-17-20-8-10-21(36-4)11-9-20)22-12-14-29(3)15-13-23(19(2)25(29)26(22)33)32-28(35)24-7-5-6-16-30-24/h5-11,16,18-19,22-23,25-26,33H,12-15,17H2,1-4H3,(H,31,34)(H,32,35). The molecule has 7 unspecified atom stereocenters. The molecule has 2 saturated carbocycles. The topological polar surface area (TPSA) is 101 Å². The van der Waals surface area contributed by atoms with E-state index >= 15 is 0 Å². The second kappa shape index (κ2) is 11.0. The number of carbonyl (C=O) groups excluding carboxylic acids is 2. The Morgan fingerprint density at radius 2 is 1.89 bits per heavy atom. The van der Waals surface area contributed by atoms with Gasteiger partial charge in [-0.05, 0) is 78.7 Å². The van der Waals surface area contributed by atoms with E-state index in [0.717, 1.165) is 37.0 Å². The summed E-state index contributed by atoms with van der Waals surface area (Å²) >= 11 is 0. The minimum Gasteiger partial charge on any atom is -0.497 e. The van der Waals surface area contributed by atoms with E-state index in [0.29, 0.717) is 12.2 Å². The van der Waals surface area contributed by atoms with E-state index in [2.05, 4.69) is 29.5 Å². The van der Waals surface area contributed by atoms with Crippen LogP contribution in [0.2, 0.25) is 0 Å². The number of carbonyl (C=O) groups is 2. The number of pyridine rings is 1. The third kappa shape index (κ3) is 5.41. The number of benzene rings is 1. The molecule has 194 valence electrons. The molecule has 0 radical (unpaired) electrons. The van der Waals surface area contributed by atoms with Crippen molar-refractivity contribution < 1.29 is 19.4 Å². The summed E-state index contributed by atoms with van der Waals surface area (Å²) in [6.45, 7) is 6.76. The lowest BCUT2D eigenvalue weighted by atomic mass is 9.51. The highest BCUT2D eigenvalue weighted by Gasteiger charge is 2.53.